The molecule has 1 saturated heterocycles. The lowest BCUT2D eigenvalue weighted by molar-refractivity contribution is 0.0652. The van der Waals surface area contributed by atoms with E-state index in [0.717, 1.165) is 55.0 Å². The molecule has 0 aromatic carbocycles. The first-order valence-corrected chi connectivity index (χ1v) is 11.5. The lowest BCUT2D eigenvalue weighted by atomic mass is 10.0. The zero-order valence-electron chi connectivity index (χ0n) is 19.1. The number of hydrogen-bond acceptors (Lipinski definition) is 5. The number of nitrogens with zero attached hydrogens (tertiary/aromatic N) is 7. The van der Waals surface area contributed by atoms with Crippen LogP contribution in [-0.4, -0.2) is 73.2 Å². The maximum Gasteiger partial charge on any atom is 0.270 e. The molecule has 1 aliphatic heterocycles. The van der Waals surface area contributed by atoms with Crippen molar-refractivity contribution in [1.29, 1.82) is 0 Å². The summed E-state index contributed by atoms with van der Waals surface area (Å²) in [5.41, 5.74) is 3.57. The molecule has 5 rings (SSSR count). The first-order chi connectivity index (χ1) is 15.5. The van der Waals surface area contributed by atoms with E-state index in [1.807, 2.05) is 36.5 Å². The van der Waals surface area contributed by atoms with E-state index in [0.29, 0.717) is 17.8 Å². The zero-order chi connectivity index (χ0) is 22.2. The van der Waals surface area contributed by atoms with Gasteiger partial charge in [-0.05, 0) is 57.8 Å². The third-order valence-electron chi connectivity index (χ3n) is 6.78. The second kappa shape index (κ2) is 8.50. The van der Waals surface area contributed by atoms with Gasteiger partial charge in [-0.25, -0.2) is 9.97 Å². The van der Waals surface area contributed by atoms with E-state index in [9.17, 15) is 4.79 Å². The van der Waals surface area contributed by atoms with Crippen LogP contribution in [0.4, 0.5) is 0 Å². The minimum Gasteiger partial charge on any atom is -0.343 e. The van der Waals surface area contributed by atoms with Gasteiger partial charge >= 0.3 is 0 Å². The highest BCUT2D eigenvalue weighted by molar-refractivity contribution is 5.94. The first kappa shape index (κ1) is 20.9. The Labute approximate surface area is 188 Å². The molecule has 168 valence electrons. The van der Waals surface area contributed by atoms with Crippen molar-refractivity contribution in [2.24, 2.45) is 13.0 Å². The van der Waals surface area contributed by atoms with E-state index < -0.39 is 0 Å². The van der Waals surface area contributed by atoms with Crippen LogP contribution >= 0.6 is 0 Å². The molecule has 8 heteroatoms. The van der Waals surface area contributed by atoms with Gasteiger partial charge in [0, 0.05) is 68.6 Å². The van der Waals surface area contributed by atoms with Crippen molar-refractivity contribution in [3.63, 3.8) is 0 Å². The van der Waals surface area contributed by atoms with Gasteiger partial charge in [0.25, 0.3) is 5.91 Å². The van der Waals surface area contributed by atoms with E-state index >= 15 is 0 Å². The van der Waals surface area contributed by atoms with E-state index in [2.05, 4.69) is 44.8 Å². The van der Waals surface area contributed by atoms with Gasteiger partial charge in [0.15, 0.2) is 5.82 Å². The molecule has 0 N–H and O–H groups in total. The van der Waals surface area contributed by atoms with Crippen molar-refractivity contribution in [1.82, 2.24) is 34.1 Å². The van der Waals surface area contributed by atoms with Gasteiger partial charge in [-0.3, -0.25) is 9.48 Å². The van der Waals surface area contributed by atoms with Gasteiger partial charge in [0.2, 0.25) is 0 Å². The molecule has 0 atom stereocenters. The largest absolute Gasteiger partial charge is 0.343 e. The summed E-state index contributed by atoms with van der Waals surface area (Å²) < 4.78 is 3.92. The first-order valence-electron chi connectivity index (χ1n) is 11.5. The van der Waals surface area contributed by atoms with Crippen LogP contribution in [0.25, 0.3) is 22.6 Å². The summed E-state index contributed by atoms with van der Waals surface area (Å²) in [6, 6.07) is 4.48. The average Bonchev–Trinajstić information content (AvgIpc) is 3.36. The van der Waals surface area contributed by atoms with Crippen molar-refractivity contribution in [2.75, 3.05) is 27.2 Å². The number of carbonyl (C=O) groups is 1. The molecular formula is C24H31N7O. The SMILES string of the molecule is CN(C)C1CCN(C(=O)c2cc(-c3cnc(-c4ccnn4C)nc3)cn2CC2CC2)CC1. The standard InChI is InChI=1S/C24H31N7O/c1-28(2)20-7-10-30(11-8-20)24(32)22-12-18(16-31(22)15-17-4-5-17)19-13-25-23(26-14-19)21-6-9-27-29(21)3/h6,9,12-14,16-17,20H,4-5,7-8,10-11,15H2,1-3H3. The molecule has 0 bridgehead atoms. The minimum absolute atomic E-state index is 0.140. The molecule has 3 aromatic heterocycles. The maximum absolute atomic E-state index is 13.4. The Kier molecular flexibility index (Phi) is 5.55. The smallest absolute Gasteiger partial charge is 0.270 e. The second-order valence-electron chi connectivity index (χ2n) is 9.33. The number of amides is 1. The Morgan fingerprint density at radius 3 is 2.41 bits per heavy atom. The minimum atomic E-state index is 0.140. The Balaban J connectivity index is 1.39. The molecule has 2 aliphatic rings. The Hall–Kier alpha value is -3.00. The van der Waals surface area contributed by atoms with Crippen LogP contribution in [0.1, 0.15) is 36.2 Å². The fraction of sp³-hybridized carbons (Fsp3) is 0.500. The quantitative estimate of drug-likeness (QED) is 0.598. The third kappa shape index (κ3) is 4.19. The van der Waals surface area contributed by atoms with Crippen molar-refractivity contribution in [3.05, 3.63) is 42.6 Å². The van der Waals surface area contributed by atoms with Crippen molar-refractivity contribution in [2.45, 2.75) is 38.3 Å². The molecule has 2 fully saturated rings. The van der Waals surface area contributed by atoms with Crippen LogP contribution in [0.2, 0.25) is 0 Å². The molecule has 4 heterocycles. The molecule has 0 radical (unpaired) electrons. The predicted octanol–water partition coefficient (Wildman–Crippen LogP) is 2.92. The number of carbonyl (C=O) groups excluding carboxylic acids is 1. The molecule has 1 amide bonds. The Morgan fingerprint density at radius 1 is 1.09 bits per heavy atom. The highest BCUT2D eigenvalue weighted by Gasteiger charge is 2.29. The second-order valence-corrected chi connectivity index (χ2v) is 9.33. The van der Waals surface area contributed by atoms with E-state index in [4.69, 9.17) is 0 Å². The van der Waals surface area contributed by atoms with Crippen LogP contribution in [0.3, 0.4) is 0 Å². The highest BCUT2D eigenvalue weighted by atomic mass is 16.2. The molecule has 32 heavy (non-hydrogen) atoms. The van der Waals surface area contributed by atoms with Gasteiger partial charge in [-0.2, -0.15) is 5.10 Å². The van der Waals surface area contributed by atoms with Crippen molar-refractivity contribution in [3.8, 4) is 22.6 Å². The summed E-state index contributed by atoms with van der Waals surface area (Å²) in [7, 11) is 6.12. The highest BCUT2D eigenvalue weighted by Crippen LogP contribution is 2.33. The molecule has 1 aliphatic carbocycles. The number of hydrogen-bond donors (Lipinski definition) is 0. The molecule has 3 aromatic rings. The van der Waals surface area contributed by atoms with Crippen LogP contribution in [-0.2, 0) is 13.6 Å². The molecule has 0 unspecified atom stereocenters. The average molecular weight is 434 g/mol. The normalized spacial score (nSPS) is 17.3. The van der Waals surface area contributed by atoms with Crippen molar-refractivity contribution >= 4 is 5.91 Å². The molecular weight excluding hydrogens is 402 g/mol. The number of aryl methyl sites for hydroxylation is 1. The van der Waals surface area contributed by atoms with Gasteiger partial charge in [-0.1, -0.05) is 0 Å². The Morgan fingerprint density at radius 2 is 1.81 bits per heavy atom. The molecule has 1 saturated carbocycles. The van der Waals surface area contributed by atoms with E-state index in [1.54, 1.807) is 10.9 Å². The monoisotopic (exact) mass is 433 g/mol. The van der Waals surface area contributed by atoms with Crippen LogP contribution in [0.5, 0.6) is 0 Å². The number of likely N-dealkylation sites (tertiary alicyclic amines) is 1. The predicted molar refractivity (Wildman–Crippen MR) is 123 cm³/mol. The van der Waals surface area contributed by atoms with Crippen LogP contribution in [0, 0.1) is 5.92 Å². The fourth-order valence-electron chi connectivity index (χ4n) is 4.53. The molecule has 0 spiro atoms. The maximum atomic E-state index is 13.4. The van der Waals surface area contributed by atoms with E-state index in [1.165, 1.54) is 12.8 Å². The summed E-state index contributed by atoms with van der Waals surface area (Å²) in [5.74, 6) is 1.47. The van der Waals surface area contributed by atoms with Gasteiger partial charge in [-0.15, -0.1) is 0 Å². The molecule has 8 nitrogen and oxygen atoms in total. The van der Waals surface area contributed by atoms with Gasteiger partial charge in [0.1, 0.15) is 11.4 Å². The zero-order valence-corrected chi connectivity index (χ0v) is 19.1. The lowest BCUT2D eigenvalue weighted by Crippen LogP contribution is -2.44. The summed E-state index contributed by atoms with van der Waals surface area (Å²) in [4.78, 5) is 26.8. The summed E-state index contributed by atoms with van der Waals surface area (Å²) in [6.45, 7) is 2.53. The third-order valence-corrected chi connectivity index (χ3v) is 6.78. The number of piperidine rings is 1. The van der Waals surface area contributed by atoms with Gasteiger partial charge in [0.05, 0.1) is 0 Å². The summed E-state index contributed by atoms with van der Waals surface area (Å²) in [6.07, 6.45) is 12.1. The van der Waals surface area contributed by atoms with Crippen molar-refractivity contribution < 1.29 is 4.79 Å². The van der Waals surface area contributed by atoms with Crippen LogP contribution in [0.15, 0.2) is 36.9 Å². The summed E-state index contributed by atoms with van der Waals surface area (Å²) >= 11 is 0. The summed E-state index contributed by atoms with van der Waals surface area (Å²) in [5, 5.41) is 4.19. The Bertz CT molecular complexity index is 1090. The topological polar surface area (TPSA) is 72.1 Å². The van der Waals surface area contributed by atoms with Gasteiger partial charge < -0.3 is 14.4 Å². The van der Waals surface area contributed by atoms with Crippen LogP contribution < -0.4 is 0 Å². The lowest BCUT2D eigenvalue weighted by Gasteiger charge is -2.35. The fourth-order valence-corrected chi connectivity index (χ4v) is 4.53. The van der Waals surface area contributed by atoms with E-state index in [-0.39, 0.29) is 5.91 Å². The number of aromatic nitrogens is 5. The number of rotatable bonds is 6.